The molecule has 128 valence electrons. The highest BCUT2D eigenvalue weighted by molar-refractivity contribution is 9.10. The zero-order valence-electron chi connectivity index (χ0n) is 13.8. The van der Waals surface area contributed by atoms with Crippen LogP contribution in [0.1, 0.15) is 29.0 Å². The van der Waals surface area contributed by atoms with Gasteiger partial charge in [-0.05, 0) is 47.7 Å². The number of piperidine rings is 1. The van der Waals surface area contributed by atoms with Gasteiger partial charge in [0.1, 0.15) is 0 Å². The topological polar surface area (TPSA) is 73.1 Å². The molecule has 8 heteroatoms. The monoisotopic (exact) mass is 393 g/mol. The fourth-order valence-electron chi connectivity index (χ4n) is 2.70. The Bertz CT molecular complexity index is 688. The number of carbonyl (C=O) groups is 1. The first-order chi connectivity index (χ1) is 11.5. The molecule has 1 saturated heterocycles. The van der Waals surface area contributed by atoms with Crippen LogP contribution in [0.2, 0.25) is 0 Å². The first-order valence-corrected chi connectivity index (χ1v) is 8.72. The minimum Gasteiger partial charge on any atom is -0.463 e. The fourth-order valence-corrected chi connectivity index (χ4v) is 2.90. The molecule has 1 amide bonds. The van der Waals surface area contributed by atoms with Gasteiger partial charge in [0, 0.05) is 38.2 Å². The van der Waals surface area contributed by atoms with E-state index in [9.17, 15) is 4.79 Å². The van der Waals surface area contributed by atoms with Crippen molar-refractivity contribution in [3.05, 3.63) is 34.3 Å². The van der Waals surface area contributed by atoms with Gasteiger partial charge in [0.05, 0.1) is 11.1 Å². The lowest BCUT2D eigenvalue weighted by atomic mass is 9.97. The van der Waals surface area contributed by atoms with Gasteiger partial charge in [0.25, 0.3) is 5.91 Å². The summed E-state index contributed by atoms with van der Waals surface area (Å²) in [4.78, 5) is 22.5. The summed E-state index contributed by atoms with van der Waals surface area (Å²) >= 11 is 3.29. The molecule has 2 aromatic heterocycles. The highest BCUT2D eigenvalue weighted by Gasteiger charge is 2.25. The number of hydrogen-bond donors (Lipinski definition) is 0. The number of nitrogens with zero attached hydrogens (tertiary/aromatic N) is 5. The van der Waals surface area contributed by atoms with E-state index in [2.05, 4.69) is 31.0 Å². The summed E-state index contributed by atoms with van der Waals surface area (Å²) < 4.78 is 8.19. The summed E-state index contributed by atoms with van der Waals surface area (Å²) in [5.74, 6) is 0.418. The van der Waals surface area contributed by atoms with Gasteiger partial charge in [-0.2, -0.15) is 5.10 Å². The van der Waals surface area contributed by atoms with E-state index in [1.807, 2.05) is 24.9 Å². The molecule has 3 heterocycles. The van der Waals surface area contributed by atoms with E-state index in [-0.39, 0.29) is 5.91 Å². The second-order valence-electron chi connectivity index (χ2n) is 6.03. The third-order valence-electron chi connectivity index (χ3n) is 4.28. The number of rotatable bonds is 4. The molecule has 1 aliphatic rings. The van der Waals surface area contributed by atoms with E-state index < -0.39 is 0 Å². The Kier molecular flexibility index (Phi) is 5.13. The number of likely N-dealkylation sites (tertiary alicyclic amines) is 1. The normalized spacial score (nSPS) is 15.5. The highest BCUT2D eigenvalue weighted by atomic mass is 79.9. The lowest BCUT2D eigenvalue weighted by molar-refractivity contribution is 0.0650. The second-order valence-corrected chi connectivity index (χ2v) is 6.94. The SMILES string of the molecule is Cc1cc(C(=O)N2CCC(COc3ncc(Br)cn3)CC2)nn1C. The van der Waals surface area contributed by atoms with Gasteiger partial charge in [0.15, 0.2) is 5.69 Å². The smallest absolute Gasteiger partial charge is 0.316 e. The Morgan fingerprint density at radius 3 is 2.58 bits per heavy atom. The van der Waals surface area contributed by atoms with Crippen LogP contribution in [0, 0.1) is 12.8 Å². The van der Waals surface area contributed by atoms with Crippen LogP contribution in [0.15, 0.2) is 22.9 Å². The Labute approximate surface area is 149 Å². The number of amides is 1. The lowest BCUT2D eigenvalue weighted by Gasteiger charge is -2.31. The predicted molar refractivity (Wildman–Crippen MR) is 91.8 cm³/mol. The van der Waals surface area contributed by atoms with Crippen molar-refractivity contribution in [2.45, 2.75) is 19.8 Å². The third-order valence-corrected chi connectivity index (χ3v) is 4.69. The molecule has 0 aliphatic carbocycles. The first kappa shape index (κ1) is 16.9. The summed E-state index contributed by atoms with van der Waals surface area (Å²) in [7, 11) is 1.85. The van der Waals surface area contributed by atoms with Crippen LogP contribution in [-0.2, 0) is 7.05 Å². The van der Waals surface area contributed by atoms with E-state index in [0.29, 0.717) is 24.2 Å². The van der Waals surface area contributed by atoms with Crippen molar-refractivity contribution in [2.75, 3.05) is 19.7 Å². The molecule has 0 unspecified atom stereocenters. The number of aromatic nitrogens is 4. The second kappa shape index (κ2) is 7.29. The molecule has 0 N–H and O–H groups in total. The predicted octanol–water partition coefficient (Wildman–Crippen LogP) is 2.21. The Morgan fingerprint density at radius 2 is 2.00 bits per heavy atom. The Hall–Kier alpha value is -1.96. The molecule has 0 radical (unpaired) electrons. The average molecular weight is 394 g/mol. The first-order valence-electron chi connectivity index (χ1n) is 7.93. The largest absolute Gasteiger partial charge is 0.463 e. The molecule has 1 fully saturated rings. The van der Waals surface area contributed by atoms with E-state index in [0.717, 1.165) is 36.1 Å². The van der Waals surface area contributed by atoms with Crippen molar-refractivity contribution in [3.8, 4) is 6.01 Å². The van der Waals surface area contributed by atoms with E-state index in [1.165, 1.54) is 0 Å². The van der Waals surface area contributed by atoms with Gasteiger partial charge in [-0.1, -0.05) is 0 Å². The number of hydrogen-bond acceptors (Lipinski definition) is 5. The van der Waals surface area contributed by atoms with Crippen molar-refractivity contribution >= 4 is 21.8 Å². The van der Waals surface area contributed by atoms with Gasteiger partial charge in [-0.3, -0.25) is 9.48 Å². The average Bonchev–Trinajstić information content (AvgIpc) is 2.93. The third kappa shape index (κ3) is 3.92. The molecular formula is C16H20BrN5O2. The van der Waals surface area contributed by atoms with E-state index in [1.54, 1.807) is 17.1 Å². The molecule has 0 bridgehead atoms. The molecule has 0 spiro atoms. The van der Waals surface area contributed by atoms with Crippen LogP contribution in [-0.4, -0.2) is 50.3 Å². The molecule has 1 aliphatic heterocycles. The maximum atomic E-state index is 12.5. The lowest BCUT2D eigenvalue weighted by Crippen LogP contribution is -2.40. The molecule has 0 saturated carbocycles. The van der Waals surface area contributed by atoms with Crippen molar-refractivity contribution in [2.24, 2.45) is 13.0 Å². The Morgan fingerprint density at radius 1 is 1.33 bits per heavy atom. The number of aryl methyl sites for hydroxylation is 2. The zero-order chi connectivity index (χ0) is 17.1. The minimum absolute atomic E-state index is 0.00862. The van der Waals surface area contributed by atoms with Gasteiger partial charge in [-0.25, -0.2) is 9.97 Å². The van der Waals surface area contributed by atoms with Gasteiger partial charge in [-0.15, -0.1) is 0 Å². The number of halogens is 1. The highest BCUT2D eigenvalue weighted by Crippen LogP contribution is 2.20. The molecule has 0 atom stereocenters. The summed E-state index contributed by atoms with van der Waals surface area (Å²) in [6.45, 7) is 3.97. The quantitative estimate of drug-likeness (QED) is 0.795. The number of ether oxygens (including phenoxy) is 1. The Balaban J connectivity index is 1.48. The zero-order valence-corrected chi connectivity index (χ0v) is 15.4. The van der Waals surface area contributed by atoms with E-state index >= 15 is 0 Å². The fraction of sp³-hybridized carbons (Fsp3) is 0.500. The summed E-state index contributed by atoms with van der Waals surface area (Å²) in [6, 6.07) is 2.23. The molecule has 3 rings (SSSR count). The molecule has 0 aromatic carbocycles. The molecular weight excluding hydrogens is 374 g/mol. The van der Waals surface area contributed by atoms with Gasteiger partial charge >= 0.3 is 6.01 Å². The molecule has 7 nitrogen and oxygen atoms in total. The molecule has 2 aromatic rings. The van der Waals surface area contributed by atoms with Crippen LogP contribution in [0.25, 0.3) is 0 Å². The van der Waals surface area contributed by atoms with Crippen molar-refractivity contribution in [3.63, 3.8) is 0 Å². The molecule has 24 heavy (non-hydrogen) atoms. The summed E-state index contributed by atoms with van der Waals surface area (Å²) in [5.41, 5.74) is 1.50. The minimum atomic E-state index is 0.00862. The standard InChI is InChI=1S/C16H20BrN5O2/c1-11-7-14(20-21(11)2)15(23)22-5-3-12(4-6-22)10-24-16-18-8-13(17)9-19-16/h7-9,12H,3-6,10H2,1-2H3. The van der Waals surface area contributed by atoms with Crippen LogP contribution in [0.5, 0.6) is 6.01 Å². The van der Waals surface area contributed by atoms with Gasteiger partial charge in [0.2, 0.25) is 0 Å². The van der Waals surface area contributed by atoms with Gasteiger partial charge < -0.3 is 9.64 Å². The van der Waals surface area contributed by atoms with E-state index in [4.69, 9.17) is 4.74 Å². The van der Waals surface area contributed by atoms with Crippen LogP contribution < -0.4 is 4.74 Å². The van der Waals surface area contributed by atoms with Crippen LogP contribution in [0.3, 0.4) is 0 Å². The van der Waals surface area contributed by atoms with Crippen LogP contribution in [0.4, 0.5) is 0 Å². The summed E-state index contributed by atoms with van der Waals surface area (Å²) in [5, 5.41) is 4.27. The maximum Gasteiger partial charge on any atom is 0.316 e. The van der Waals surface area contributed by atoms with Crippen molar-refractivity contribution < 1.29 is 9.53 Å². The maximum absolute atomic E-state index is 12.5. The summed E-state index contributed by atoms with van der Waals surface area (Å²) in [6.07, 6.45) is 5.15. The van der Waals surface area contributed by atoms with Crippen molar-refractivity contribution in [1.29, 1.82) is 0 Å². The van der Waals surface area contributed by atoms with Crippen molar-refractivity contribution in [1.82, 2.24) is 24.6 Å². The number of carbonyl (C=O) groups excluding carboxylic acids is 1. The van der Waals surface area contributed by atoms with Crippen LogP contribution >= 0.6 is 15.9 Å².